The van der Waals surface area contributed by atoms with Gasteiger partial charge in [0.2, 0.25) is 0 Å². The molecule has 3 heterocycles. The number of esters is 2. The van der Waals surface area contributed by atoms with Crippen LogP contribution in [0.4, 0.5) is 0 Å². The number of ether oxygens (including phenoxy) is 3. The van der Waals surface area contributed by atoms with Gasteiger partial charge in [-0.15, -0.1) is 0 Å². The van der Waals surface area contributed by atoms with E-state index < -0.39 is 58.2 Å². The fourth-order valence-electron chi connectivity index (χ4n) is 7.66. The molecule has 2 fully saturated rings. The minimum atomic E-state index is -1.31. The maximum absolute atomic E-state index is 13.3. The third-order valence-electron chi connectivity index (χ3n) is 9.46. The van der Waals surface area contributed by atoms with E-state index in [9.17, 15) is 24.6 Å². The second-order valence-corrected chi connectivity index (χ2v) is 11.9. The summed E-state index contributed by atoms with van der Waals surface area (Å²) in [5.74, 6) is -1.65. The van der Waals surface area contributed by atoms with Crippen LogP contribution in [-0.2, 0) is 19.1 Å². The van der Waals surface area contributed by atoms with Crippen LogP contribution in [0.5, 0.6) is 5.75 Å². The Morgan fingerprint density at radius 2 is 1.92 bits per heavy atom. The summed E-state index contributed by atoms with van der Waals surface area (Å²) in [5, 5.41) is 23.1. The van der Waals surface area contributed by atoms with Crippen LogP contribution in [0.25, 0.3) is 11.3 Å². The Labute approximate surface area is 226 Å². The summed E-state index contributed by atoms with van der Waals surface area (Å²) in [6.45, 7) is 8.24. The van der Waals surface area contributed by atoms with Crippen molar-refractivity contribution in [2.24, 2.45) is 22.7 Å². The van der Waals surface area contributed by atoms with Crippen molar-refractivity contribution >= 4 is 11.9 Å². The van der Waals surface area contributed by atoms with Gasteiger partial charge in [0.15, 0.2) is 0 Å². The van der Waals surface area contributed by atoms with Gasteiger partial charge in [-0.05, 0) is 49.7 Å². The molecule has 10 heteroatoms. The molecule has 3 aliphatic rings. The van der Waals surface area contributed by atoms with Gasteiger partial charge in [0, 0.05) is 49.2 Å². The molecule has 2 aromatic heterocycles. The van der Waals surface area contributed by atoms with E-state index in [0.717, 1.165) is 0 Å². The summed E-state index contributed by atoms with van der Waals surface area (Å²) < 4.78 is 23.5. The van der Waals surface area contributed by atoms with E-state index in [2.05, 4.69) is 4.98 Å². The Morgan fingerprint density at radius 3 is 2.56 bits per heavy atom. The van der Waals surface area contributed by atoms with Crippen molar-refractivity contribution in [3.63, 3.8) is 0 Å². The second-order valence-electron chi connectivity index (χ2n) is 11.9. The highest BCUT2D eigenvalue weighted by molar-refractivity contribution is 5.66. The summed E-state index contributed by atoms with van der Waals surface area (Å²) >= 11 is 0. The molecule has 0 amide bonds. The normalized spacial score (nSPS) is 36.9. The average molecular weight is 542 g/mol. The molecule has 0 bridgehead atoms. The third-order valence-corrected chi connectivity index (χ3v) is 9.46. The topological polar surface area (TPSA) is 145 Å². The number of aliphatic hydroxyl groups excluding tert-OH is 2. The van der Waals surface area contributed by atoms with Crippen LogP contribution in [0.2, 0.25) is 0 Å². The Balaban J connectivity index is 1.66. The zero-order chi connectivity index (χ0) is 28.3. The Morgan fingerprint density at radius 1 is 1.18 bits per heavy atom. The molecule has 2 aromatic rings. The van der Waals surface area contributed by atoms with Gasteiger partial charge in [0.05, 0.1) is 18.8 Å². The van der Waals surface area contributed by atoms with Crippen LogP contribution in [0.1, 0.15) is 65.5 Å². The fourth-order valence-corrected chi connectivity index (χ4v) is 7.66. The van der Waals surface area contributed by atoms with Crippen LogP contribution in [0, 0.1) is 22.7 Å². The number of nitrogens with zero attached hydrogens (tertiary/aromatic N) is 1. The van der Waals surface area contributed by atoms with Gasteiger partial charge in [-0.25, -0.2) is 4.79 Å². The first-order valence-corrected chi connectivity index (χ1v) is 13.3. The average Bonchev–Trinajstić information content (AvgIpc) is 2.86. The highest BCUT2D eigenvalue weighted by Crippen LogP contribution is 2.67. The number of carbonyl (C=O) groups excluding carboxylic acids is 2. The van der Waals surface area contributed by atoms with Crippen molar-refractivity contribution in [2.45, 2.75) is 77.8 Å². The van der Waals surface area contributed by atoms with Crippen LogP contribution >= 0.6 is 0 Å². The lowest BCUT2D eigenvalue weighted by molar-refractivity contribution is -0.269. The maximum Gasteiger partial charge on any atom is 0.345 e. The van der Waals surface area contributed by atoms with E-state index in [-0.39, 0.29) is 29.6 Å². The van der Waals surface area contributed by atoms with Crippen LogP contribution < -0.4 is 10.4 Å². The predicted octanol–water partition coefficient (Wildman–Crippen LogP) is 3.18. The number of rotatable bonds is 4. The summed E-state index contributed by atoms with van der Waals surface area (Å²) in [5.41, 5.74) is -2.96. The summed E-state index contributed by atoms with van der Waals surface area (Å²) in [6.07, 6.45) is 1.44. The molecule has 0 spiro atoms. The van der Waals surface area contributed by atoms with Crippen molar-refractivity contribution < 1.29 is 38.4 Å². The highest BCUT2D eigenvalue weighted by atomic mass is 16.6. The predicted molar refractivity (Wildman–Crippen MR) is 137 cm³/mol. The van der Waals surface area contributed by atoms with Gasteiger partial charge in [-0.2, -0.15) is 0 Å². The van der Waals surface area contributed by atoms with Gasteiger partial charge < -0.3 is 28.8 Å². The zero-order valence-corrected chi connectivity index (χ0v) is 22.8. The lowest BCUT2D eigenvalue weighted by Crippen LogP contribution is -2.71. The molecule has 0 radical (unpaired) electrons. The summed E-state index contributed by atoms with van der Waals surface area (Å²) in [7, 11) is 0. The van der Waals surface area contributed by atoms with E-state index >= 15 is 0 Å². The Bertz CT molecular complexity index is 1340. The molecule has 0 saturated heterocycles. The van der Waals surface area contributed by atoms with Gasteiger partial charge in [-0.1, -0.05) is 13.8 Å². The number of aromatic nitrogens is 1. The number of pyridine rings is 1. The van der Waals surface area contributed by atoms with Crippen LogP contribution in [-0.4, -0.2) is 51.6 Å². The molecule has 210 valence electrons. The van der Waals surface area contributed by atoms with Crippen molar-refractivity contribution in [3.8, 4) is 17.1 Å². The van der Waals surface area contributed by atoms with Crippen molar-refractivity contribution in [1.29, 1.82) is 0 Å². The molecule has 8 atom stereocenters. The monoisotopic (exact) mass is 541 g/mol. The molecule has 2 N–H and O–H groups in total. The molecule has 2 saturated carbocycles. The molecule has 5 rings (SSSR count). The number of aliphatic hydroxyl groups is 2. The van der Waals surface area contributed by atoms with E-state index in [1.807, 2.05) is 13.8 Å². The van der Waals surface area contributed by atoms with Crippen molar-refractivity contribution in [3.05, 3.63) is 46.6 Å². The Hall–Kier alpha value is -3.24. The highest BCUT2D eigenvalue weighted by Gasteiger charge is 2.70. The maximum atomic E-state index is 13.3. The van der Waals surface area contributed by atoms with E-state index in [4.69, 9.17) is 18.6 Å². The van der Waals surface area contributed by atoms with Crippen molar-refractivity contribution in [1.82, 2.24) is 4.98 Å². The van der Waals surface area contributed by atoms with Crippen molar-refractivity contribution in [2.75, 3.05) is 6.61 Å². The van der Waals surface area contributed by atoms with Gasteiger partial charge in [0.1, 0.15) is 28.8 Å². The molecule has 39 heavy (non-hydrogen) atoms. The lowest BCUT2D eigenvalue weighted by atomic mass is 9.42. The van der Waals surface area contributed by atoms with Gasteiger partial charge in [0.25, 0.3) is 0 Å². The second kappa shape index (κ2) is 9.45. The third kappa shape index (κ3) is 4.24. The number of carbonyl (C=O) groups is 2. The van der Waals surface area contributed by atoms with Crippen LogP contribution in [0.15, 0.2) is 39.8 Å². The zero-order valence-electron chi connectivity index (χ0n) is 22.8. The van der Waals surface area contributed by atoms with Gasteiger partial charge in [-0.3, -0.25) is 14.6 Å². The van der Waals surface area contributed by atoms with E-state index in [1.54, 1.807) is 37.5 Å². The van der Waals surface area contributed by atoms with Crippen LogP contribution in [0.3, 0.4) is 0 Å². The smallest absolute Gasteiger partial charge is 0.345 e. The van der Waals surface area contributed by atoms with E-state index in [0.29, 0.717) is 24.8 Å². The quantitative estimate of drug-likeness (QED) is 0.554. The number of hydrogen-bond donors (Lipinski definition) is 2. The number of fused-ring (bicyclic) bond motifs is 4. The summed E-state index contributed by atoms with van der Waals surface area (Å²) in [4.78, 5) is 41.4. The Kier molecular flexibility index (Phi) is 6.62. The summed E-state index contributed by atoms with van der Waals surface area (Å²) in [6, 6.07) is 5.02. The first-order chi connectivity index (χ1) is 18.3. The number of hydrogen-bond acceptors (Lipinski definition) is 10. The molecule has 1 aliphatic heterocycles. The first kappa shape index (κ1) is 27.3. The minimum absolute atomic E-state index is 0.00127. The molecular formula is C29H35NO9. The molecule has 10 nitrogen and oxygen atoms in total. The largest absolute Gasteiger partial charge is 0.482 e. The molecule has 0 unspecified atom stereocenters. The minimum Gasteiger partial charge on any atom is -0.482 e. The molecule has 0 aromatic carbocycles. The van der Waals surface area contributed by atoms with Gasteiger partial charge >= 0.3 is 17.6 Å². The fraction of sp³-hybridized carbons (Fsp3) is 0.586. The van der Waals surface area contributed by atoms with E-state index in [1.165, 1.54) is 13.8 Å². The SMILES string of the molecule is CC(=O)OC[C@@]1(C)[C@@H]2C[C@H](OC(C)=O)[C@@]3(C)Oc4cc(-c5cccnc5)oc(=O)c4[C@H](O)[C@@H]3[C@@]2(C)CC[C@@H]1O. The molecular weight excluding hydrogens is 506 g/mol. The first-order valence-electron chi connectivity index (χ1n) is 13.3. The molecule has 2 aliphatic carbocycles. The standard InChI is InChI=1S/C29H35NO9/c1-15(31)36-14-28(4)20-12-22(37-16(2)32)29(5)25(27(20,3)9-8-21(28)33)24(34)23-19(39-29)11-18(38-26(23)35)17-7-6-10-30-13-17/h6-7,10-11,13,20-22,24-25,33-34H,8-9,12,14H2,1-5H3/t20-,21+,22+,24+,25-,27+,28+,29-/m1/s1. The lowest BCUT2D eigenvalue weighted by Gasteiger charge is -2.66.